The molecule has 1 aromatic carbocycles. The summed E-state index contributed by atoms with van der Waals surface area (Å²) in [5.41, 5.74) is 2.60. The van der Waals surface area contributed by atoms with Gasteiger partial charge in [-0.1, -0.05) is 24.3 Å². The van der Waals surface area contributed by atoms with Crippen LogP contribution in [0.4, 0.5) is 0 Å². The summed E-state index contributed by atoms with van der Waals surface area (Å²) in [7, 11) is 0. The minimum Gasteiger partial charge on any atom is -0.355 e. The Bertz CT molecular complexity index is 517. The van der Waals surface area contributed by atoms with Gasteiger partial charge in [-0.05, 0) is 36.8 Å². The highest BCUT2D eigenvalue weighted by molar-refractivity contribution is 5.84. The van der Waals surface area contributed by atoms with Gasteiger partial charge in [0.1, 0.15) is 0 Å². The van der Waals surface area contributed by atoms with Gasteiger partial charge < -0.3 is 10.6 Å². The fourth-order valence-corrected chi connectivity index (χ4v) is 3.15. The summed E-state index contributed by atoms with van der Waals surface area (Å²) in [6.07, 6.45) is 4.33. The molecule has 2 amide bonds. The fraction of sp³-hybridized carbons (Fsp3) is 0.500. The number of hydrogen-bond donors (Lipinski definition) is 2. The summed E-state index contributed by atoms with van der Waals surface area (Å²) in [6.45, 7) is 0.471. The van der Waals surface area contributed by atoms with Crippen molar-refractivity contribution in [3.8, 4) is 0 Å². The van der Waals surface area contributed by atoms with E-state index in [9.17, 15) is 9.59 Å². The average Bonchev–Trinajstić information content (AvgIpc) is 2.48. The number of nitrogens with one attached hydrogen (secondary N) is 2. The molecule has 0 radical (unpaired) electrons. The third-order valence-corrected chi connectivity index (χ3v) is 4.32. The van der Waals surface area contributed by atoms with E-state index >= 15 is 0 Å². The summed E-state index contributed by atoms with van der Waals surface area (Å²) in [4.78, 5) is 23.5. The number of piperidine rings is 1. The van der Waals surface area contributed by atoms with Crippen molar-refractivity contribution in [3.05, 3.63) is 35.4 Å². The minimum absolute atomic E-state index is 0.0528. The quantitative estimate of drug-likeness (QED) is 0.861. The first kappa shape index (κ1) is 13.2. The number of benzene rings is 1. The van der Waals surface area contributed by atoms with Crippen molar-refractivity contribution in [2.45, 2.75) is 38.1 Å². The molecule has 2 unspecified atom stereocenters. The van der Waals surface area contributed by atoms with Crippen molar-refractivity contribution >= 4 is 11.8 Å². The topological polar surface area (TPSA) is 58.2 Å². The number of aryl methyl sites for hydroxylation is 1. The largest absolute Gasteiger partial charge is 0.355 e. The SMILES string of the molecule is O=C1CCC(C(=O)NC2CCCc3ccccc32)CN1. The van der Waals surface area contributed by atoms with Gasteiger partial charge in [0, 0.05) is 13.0 Å². The van der Waals surface area contributed by atoms with Crippen LogP contribution >= 0.6 is 0 Å². The van der Waals surface area contributed by atoms with Crippen LogP contribution in [-0.2, 0) is 16.0 Å². The third-order valence-electron chi connectivity index (χ3n) is 4.32. The lowest BCUT2D eigenvalue weighted by molar-refractivity contribution is -0.129. The summed E-state index contributed by atoms with van der Waals surface area (Å²) >= 11 is 0. The smallest absolute Gasteiger partial charge is 0.225 e. The Morgan fingerprint density at radius 1 is 1.20 bits per heavy atom. The Morgan fingerprint density at radius 3 is 2.85 bits per heavy atom. The van der Waals surface area contributed by atoms with Crippen molar-refractivity contribution in [1.82, 2.24) is 10.6 Å². The molecule has 4 nitrogen and oxygen atoms in total. The summed E-state index contributed by atoms with van der Waals surface area (Å²) < 4.78 is 0. The molecule has 2 aliphatic rings. The van der Waals surface area contributed by atoms with E-state index in [1.54, 1.807) is 0 Å². The van der Waals surface area contributed by atoms with E-state index in [4.69, 9.17) is 0 Å². The average molecular weight is 272 g/mol. The van der Waals surface area contributed by atoms with E-state index in [2.05, 4.69) is 28.8 Å². The van der Waals surface area contributed by atoms with Crippen LogP contribution < -0.4 is 10.6 Å². The number of fused-ring (bicyclic) bond motifs is 1. The second-order valence-electron chi connectivity index (χ2n) is 5.69. The summed E-state index contributed by atoms with van der Waals surface area (Å²) in [5.74, 6) is 0.0468. The van der Waals surface area contributed by atoms with Crippen LogP contribution in [0.3, 0.4) is 0 Å². The second kappa shape index (κ2) is 5.65. The zero-order valence-corrected chi connectivity index (χ0v) is 11.5. The maximum absolute atomic E-state index is 12.3. The zero-order valence-electron chi connectivity index (χ0n) is 11.5. The van der Waals surface area contributed by atoms with Gasteiger partial charge in [0.25, 0.3) is 0 Å². The van der Waals surface area contributed by atoms with Gasteiger partial charge in [-0.25, -0.2) is 0 Å². The van der Waals surface area contributed by atoms with Crippen LogP contribution in [0, 0.1) is 5.92 Å². The molecule has 1 saturated heterocycles. The first-order valence-corrected chi connectivity index (χ1v) is 7.39. The van der Waals surface area contributed by atoms with Gasteiger partial charge in [-0.15, -0.1) is 0 Å². The highest BCUT2D eigenvalue weighted by Crippen LogP contribution is 2.29. The first-order valence-electron chi connectivity index (χ1n) is 7.39. The van der Waals surface area contributed by atoms with Crippen molar-refractivity contribution in [2.24, 2.45) is 5.92 Å². The van der Waals surface area contributed by atoms with Gasteiger partial charge in [0.2, 0.25) is 11.8 Å². The molecule has 0 aromatic heterocycles. The molecule has 3 rings (SSSR count). The summed E-state index contributed by atoms with van der Waals surface area (Å²) in [5, 5.41) is 5.94. The number of hydrogen-bond acceptors (Lipinski definition) is 2. The predicted molar refractivity (Wildman–Crippen MR) is 76.0 cm³/mol. The maximum Gasteiger partial charge on any atom is 0.225 e. The second-order valence-corrected chi connectivity index (χ2v) is 5.69. The highest BCUT2D eigenvalue weighted by atomic mass is 16.2. The van der Waals surface area contributed by atoms with Crippen molar-refractivity contribution in [2.75, 3.05) is 6.54 Å². The molecule has 4 heteroatoms. The van der Waals surface area contributed by atoms with Gasteiger partial charge >= 0.3 is 0 Å². The maximum atomic E-state index is 12.3. The normalized spacial score (nSPS) is 25.5. The Kier molecular flexibility index (Phi) is 3.72. The Balaban J connectivity index is 1.66. The van der Waals surface area contributed by atoms with Crippen LogP contribution in [0.25, 0.3) is 0 Å². The molecule has 1 aliphatic heterocycles. The van der Waals surface area contributed by atoms with Crippen LogP contribution in [0.1, 0.15) is 42.9 Å². The van der Waals surface area contributed by atoms with Gasteiger partial charge in [-0.3, -0.25) is 9.59 Å². The molecule has 1 aliphatic carbocycles. The minimum atomic E-state index is -0.0817. The van der Waals surface area contributed by atoms with Gasteiger partial charge in [0.05, 0.1) is 12.0 Å². The van der Waals surface area contributed by atoms with Crippen LogP contribution in [-0.4, -0.2) is 18.4 Å². The molecule has 2 N–H and O–H groups in total. The van der Waals surface area contributed by atoms with E-state index in [1.807, 2.05) is 6.07 Å². The number of amides is 2. The van der Waals surface area contributed by atoms with Gasteiger partial charge in [0.15, 0.2) is 0 Å². The molecule has 0 bridgehead atoms. The fourth-order valence-electron chi connectivity index (χ4n) is 3.15. The van der Waals surface area contributed by atoms with Crippen LogP contribution in [0.2, 0.25) is 0 Å². The lowest BCUT2D eigenvalue weighted by Gasteiger charge is -2.29. The molecular weight excluding hydrogens is 252 g/mol. The molecule has 1 aromatic rings. The lowest BCUT2D eigenvalue weighted by Crippen LogP contribution is -2.44. The van der Waals surface area contributed by atoms with Gasteiger partial charge in [-0.2, -0.15) is 0 Å². The third kappa shape index (κ3) is 2.69. The molecule has 1 fully saturated rings. The molecule has 106 valence electrons. The van der Waals surface area contributed by atoms with Crippen molar-refractivity contribution in [1.29, 1.82) is 0 Å². The van der Waals surface area contributed by atoms with E-state index in [0.29, 0.717) is 19.4 Å². The van der Waals surface area contributed by atoms with E-state index < -0.39 is 0 Å². The highest BCUT2D eigenvalue weighted by Gasteiger charge is 2.28. The molecular formula is C16H20N2O2. The van der Waals surface area contributed by atoms with E-state index in [1.165, 1.54) is 11.1 Å². The monoisotopic (exact) mass is 272 g/mol. The summed E-state index contributed by atoms with van der Waals surface area (Å²) in [6, 6.07) is 8.48. The van der Waals surface area contributed by atoms with E-state index in [-0.39, 0.29) is 23.8 Å². The number of carbonyl (C=O) groups is 2. The molecule has 2 atom stereocenters. The Labute approximate surface area is 118 Å². The van der Waals surface area contributed by atoms with Crippen molar-refractivity contribution < 1.29 is 9.59 Å². The molecule has 20 heavy (non-hydrogen) atoms. The Hall–Kier alpha value is -1.84. The van der Waals surface area contributed by atoms with E-state index in [0.717, 1.165) is 19.3 Å². The Morgan fingerprint density at radius 2 is 2.05 bits per heavy atom. The van der Waals surface area contributed by atoms with Crippen molar-refractivity contribution in [3.63, 3.8) is 0 Å². The first-order chi connectivity index (χ1) is 9.74. The number of rotatable bonds is 2. The van der Waals surface area contributed by atoms with Crippen LogP contribution in [0.15, 0.2) is 24.3 Å². The molecule has 0 spiro atoms. The zero-order chi connectivity index (χ0) is 13.9. The number of carbonyl (C=O) groups excluding carboxylic acids is 2. The van der Waals surface area contributed by atoms with Crippen LogP contribution in [0.5, 0.6) is 0 Å². The molecule has 0 saturated carbocycles. The molecule has 1 heterocycles. The lowest BCUT2D eigenvalue weighted by atomic mass is 9.87. The predicted octanol–water partition coefficient (Wildman–Crippen LogP) is 1.71. The standard InChI is InChI=1S/C16H20N2O2/c19-15-9-8-12(10-17-15)16(20)18-14-7-3-5-11-4-1-2-6-13(11)14/h1-2,4,6,12,14H,3,5,7-10H2,(H,17,19)(H,18,20).